The Morgan fingerprint density at radius 2 is 1.87 bits per heavy atom. The molecule has 0 fully saturated rings. The number of amides is 1. The summed E-state index contributed by atoms with van der Waals surface area (Å²) < 4.78 is 10.0. The van der Waals surface area contributed by atoms with E-state index >= 15 is 0 Å². The average Bonchev–Trinajstić information content (AvgIpc) is 2.17. The van der Waals surface area contributed by atoms with Crippen LogP contribution < -0.4 is 11.1 Å². The molecule has 1 amide bonds. The number of nitrogens with one attached hydrogen (secondary N) is 1. The van der Waals surface area contributed by atoms with E-state index in [0.29, 0.717) is 12.3 Å². The number of ether oxygens (including phenoxy) is 2. The van der Waals surface area contributed by atoms with Crippen LogP contribution in [-0.4, -0.2) is 39.0 Å². The van der Waals surface area contributed by atoms with Gasteiger partial charge in [0, 0.05) is 20.6 Å². The van der Waals surface area contributed by atoms with Crippen molar-refractivity contribution in [3.05, 3.63) is 0 Å². The highest BCUT2D eigenvalue weighted by Crippen LogP contribution is 2.03. The van der Waals surface area contributed by atoms with E-state index in [1.54, 1.807) is 0 Å². The Hall–Kier alpha value is -0.650. The molecule has 0 spiro atoms. The molecule has 1 unspecified atom stereocenters. The van der Waals surface area contributed by atoms with Gasteiger partial charge in [0.1, 0.15) is 0 Å². The van der Waals surface area contributed by atoms with Crippen LogP contribution in [0.5, 0.6) is 0 Å². The highest BCUT2D eigenvalue weighted by Gasteiger charge is 2.20. The van der Waals surface area contributed by atoms with Crippen LogP contribution in [0.3, 0.4) is 0 Å². The molecule has 0 saturated carbocycles. The first-order chi connectivity index (χ1) is 7.01. The van der Waals surface area contributed by atoms with Gasteiger partial charge in [-0.15, -0.1) is 0 Å². The monoisotopic (exact) mass is 218 g/mol. The summed E-state index contributed by atoms with van der Waals surface area (Å²) in [5.41, 5.74) is 5.27. The minimum atomic E-state index is -0.405. The van der Waals surface area contributed by atoms with Gasteiger partial charge in [-0.05, 0) is 12.5 Å². The van der Waals surface area contributed by atoms with Gasteiger partial charge >= 0.3 is 0 Å². The Labute approximate surface area is 91.3 Å². The number of hydrogen-bond acceptors (Lipinski definition) is 4. The lowest BCUT2D eigenvalue weighted by atomic mass is 10.1. The maximum Gasteiger partial charge on any atom is 0.234 e. The maximum absolute atomic E-state index is 11.1. The van der Waals surface area contributed by atoms with Crippen molar-refractivity contribution in [3.63, 3.8) is 0 Å². The molecule has 0 aliphatic rings. The van der Waals surface area contributed by atoms with Gasteiger partial charge in [-0.25, -0.2) is 0 Å². The molecule has 0 aromatic carbocycles. The Kier molecular flexibility index (Phi) is 7.29. The van der Waals surface area contributed by atoms with Gasteiger partial charge in [0.05, 0.1) is 6.04 Å². The van der Waals surface area contributed by atoms with E-state index < -0.39 is 12.3 Å². The van der Waals surface area contributed by atoms with Crippen molar-refractivity contribution >= 4 is 5.91 Å². The first-order valence-corrected chi connectivity index (χ1v) is 5.09. The Morgan fingerprint density at radius 1 is 1.33 bits per heavy atom. The first kappa shape index (κ1) is 14.3. The standard InChI is InChI=1S/C10H22N2O3/c1-7(2)6-12-8(10(11)13)5-9(14-3)15-4/h7-9,12H,5-6H2,1-4H3,(H2,11,13). The lowest BCUT2D eigenvalue weighted by Crippen LogP contribution is -2.45. The molecule has 0 rings (SSSR count). The number of rotatable bonds is 8. The first-order valence-electron chi connectivity index (χ1n) is 5.09. The molecule has 0 aliphatic heterocycles. The van der Waals surface area contributed by atoms with Crippen LogP contribution in [0.1, 0.15) is 20.3 Å². The number of nitrogens with two attached hydrogens (primary N) is 1. The Bertz CT molecular complexity index is 182. The zero-order valence-corrected chi connectivity index (χ0v) is 9.95. The van der Waals surface area contributed by atoms with Crippen molar-refractivity contribution in [2.45, 2.75) is 32.6 Å². The second-order valence-corrected chi connectivity index (χ2v) is 3.89. The quantitative estimate of drug-likeness (QED) is 0.566. The van der Waals surface area contributed by atoms with Gasteiger partial charge in [0.2, 0.25) is 5.91 Å². The SMILES string of the molecule is COC(CC(NCC(C)C)C(N)=O)OC. The minimum absolute atomic E-state index is 0.380. The second kappa shape index (κ2) is 7.62. The van der Waals surface area contributed by atoms with Gasteiger partial charge in [0.15, 0.2) is 6.29 Å². The van der Waals surface area contributed by atoms with E-state index in [9.17, 15) is 4.79 Å². The van der Waals surface area contributed by atoms with Crippen LogP contribution in [-0.2, 0) is 14.3 Å². The molecule has 5 heteroatoms. The van der Waals surface area contributed by atoms with E-state index in [0.717, 1.165) is 6.54 Å². The van der Waals surface area contributed by atoms with Gasteiger partial charge in [-0.3, -0.25) is 4.79 Å². The normalized spacial score (nSPS) is 13.5. The molecular formula is C10H22N2O3. The predicted octanol–water partition coefficient (Wildman–Crippen LogP) is 0.0949. The summed E-state index contributed by atoms with van der Waals surface area (Å²) in [6, 6.07) is -0.405. The van der Waals surface area contributed by atoms with Gasteiger partial charge in [-0.1, -0.05) is 13.8 Å². The summed E-state index contributed by atoms with van der Waals surface area (Å²) in [7, 11) is 3.07. The number of primary amides is 1. The fourth-order valence-electron chi connectivity index (χ4n) is 1.16. The summed E-state index contributed by atoms with van der Waals surface area (Å²) in [6.07, 6.45) is 0.0249. The molecule has 0 bridgehead atoms. The van der Waals surface area contributed by atoms with Crippen molar-refractivity contribution in [2.24, 2.45) is 11.7 Å². The van der Waals surface area contributed by atoms with E-state index in [2.05, 4.69) is 19.2 Å². The molecule has 0 radical (unpaired) electrons. The number of carbonyl (C=O) groups excluding carboxylic acids is 1. The molecule has 90 valence electrons. The third-order valence-electron chi connectivity index (χ3n) is 2.07. The van der Waals surface area contributed by atoms with Crippen LogP contribution in [0.25, 0.3) is 0 Å². The van der Waals surface area contributed by atoms with Crippen molar-refractivity contribution in [2.75, 3.05) is 20.8 Å². The number of carbonyl (C=O) groups is 1. The number of hydrogen-bond donors (Lipinski definition) is 2. The molecular weight excluding hydrogens is 196 g/mol. The van der Waals surface area contributed by atoms with E-state index in [-0.39, 0.29) is 5.91 Å². The fourth-order valence-corrected chi connectivity index (χ4v) is 1.16. The van der Waals surface area contributed by atoms with Crippen molar-refractivity contribution < 1.29 is 14.3 Å². The highest BCUT2D eigenvalue weighted by atomic mass is 16.7. The summed E-state index contributed by atoms with van der Waals surface area (Å²) >= 11 is 0. The molecule has 3 N–H and O–H groups in total. The Morgan fingerprint density at radius 3 is 2.20 bits per heavy atom. The van der Waals surface area contributed by atoms with Crippen LogP contribution in [0, 0.1) is 5.92 Å². The molecule has 0 aliphatic carbocycles. The lowest BCUT2D eigenvalue weighted by molar-refractivity contribution is -0.130. The Balaban J connectivity index is 4.09. The van der Waals surface area contributed by atoms with Crippen molar-refractivity contribution in [1.29, 1.82) is 0 Å². The van der Waals surface area contributed by atoms with Gasteiger partial charge in [0.25, 0.3) is 0 Å². The highest BCUT2D eigenvalue weighted by molar-refractivity contribution is 5.79. The third-order valence-corrected chi connectivity index (χ3v) is 2.07. The molecule has 0 aromatic heterocycles. The zero-order valence-electron chi connectivity index (χ0n) is 9.95. The largest absolute Gasteiger partial charge is 0.368 e. The van der Waals surface area contributed by atoms with Gasteiger partial charge in [-0.2, -0.15) is 0 Å². The van der Waals surface area contributed by atoms with E-state index in [1.165, 1.54) is 14.2 Å². The van der Waals surface area contributed by atoms with Crippen molar-refractivity contribution in [1.82, 2.24) is 5.32 Å². The predicted molar refractivity (Wildman–Crippen MR) is 58.2 cm³/mol. The molecule has 15 heavy (non-hydrogen) atoms. The fraction of sp³-hybridized carbons (Fsp3) is 0.900. The van der Waals surface area contributed by atoms with Crippen molar-refractivity contribution in [3.8, 4) is 0 Å². The minimum Gasteiger partial charge on any atom is -0.368 e. The molecule has 5 nitrogen and oxygen atoms in total. The van der Waals surface area contributed by atoms with Crippen LogP contribution >= 0.6 is 0 Å². The summed E-state index contributed by atoms with van der Waals surface area (Å²) in [6.45, 7) is 4.87. The molecule has 0 aromatic rings. The molecule has 0 heterocycles. The number of methoxy groups -OCH3 is 2. The van der Waals surface area contributed by atoms with E-state index in [4.69, 9.17) is 15.2 Å². The topological polar surface area (TPSA) is 73.6 Å². The lowest BCUT2D eigenvalue weighted by Gasteiger charge is -2.21. The van der Waals surface area contributed by atoms with Crippen LogP contribution in [0.15, 0.2) is 0 Å². The van der Waals surface area contributed by atoms with E-state index in [1.807, 2.05) is 0 Å². The smallest absolute Gasteiger partial charge is 0.234 e. The summed E-state index contributed by atoms with van der Waals surface area (Å²) in [5.74, 6) is 0.0881. The molecule has 0 saturated heterocycles. The maximum atomic E-state index is 11.1. The summed E-state index contributed by atoms with van der Waals surface area (Å²) in [5, 5.41) is 3.08. The zero-order chi connectivity index (χ0) is 11.8. The van der Waals surface area contributed by atoms with Gasteiger partial charge < -0.3 is 20.5 Å². The molecule has 1 atom stereocenters. The van der Waals surface area contributed by atoms with Crippen LogP contribution in [0.2, 0.25) is 0 Å². The third kappa shape index (κ3) is 6.43. The summed E-state index contributed by atoms with van der Waals surface area (Å²) in [4.78, 5) is 11.1. The average molecular weight is 218 g/mol. The second-order valence-electron chi connectivity index (χ2n) is 3.89. The van der Waals surface area contributed by atoms with Crippen LogP contribution in [0.4, 0.5) is 0 Å².